The second-order valence-electron chi connectivity index (χ2n) is 8.43. The number of hydrogen-bond acceptors (Lipinski definition) is 5. The topological polar surface area (TPSA) is 106 Å². The molecule has 33 heavy (non-hydrogen) atoms. The molecule has 2 aliphatic heterocycles. The summed E-state index contributed by atoms with van der Waals surface area (Å²) >= 11 is 0. The van der Waals surface area contributed by atoms with Gasteiger partial charge in [-0.05, 0) is 41.0 Å². The fraction of sp³-hybridized carbons (Fsp3) is 0.192. The number of fused-ring (bicyclic) bond motifs is 2. The molecule has 0 saturated carbocycles. The third-order valence-corrected chi connectivity index (χ3v) is 6.29. The molecule has 4 N–H and O–H groups in total. The number of rotatable bonds is 3. The molecule has 3 aromatic carbocycles. The Morgan fingerprint density at radius 1 is 1.06 bits per heavy atom. The van der Waals surface area contributed by atoms with Crippen LogP contribution in [0.2, 0.25) is 0 Å². The molecule has 3 atom stereocenters. The maximum absolute atomic E-state index is 13.3. The van der Waals surface area contributed by atoms with Crippen LogP contribution in [0.25, 0.3) is 11.1 Å². The maximum atomic E-state index is 13.3. The molecule has 0 saturated heterocycles. The molecule has 7 nitrogen and oxygen atoms in total. The Morgan fingerprint density at radius 3 is 2.52 bits per heavy atom. The molecule has 0 radical (unpaired) electrons. The van der Waals surface area contributed by atoms with Crippen molar-refractivity contribution in [2.75, 3.05) is 5.32 Å². The van der Waals surface area contributed by atoms with Crippen molar-refractivity contribution in [3.63, 3.8) is 0 Å². The lowest BCUT2D eigenvalue weighted by molar-refractivity contribution is -0.128. The number of nitrogens with one attached hydrogen (secondary N) is 2. The van der Waals surface area contributed by atoms with Crippen LogP contribution in [0, 0.1) is 5.92 Å². The number of benzene rings is 3. The molecule has 1 spiro atoms. The van der Waals surface area contributed by atoms with E-state index in [2.05, 4.69) is 15.6 Å². The molecule has 2 heterocycles. The highest BCUT2D eigenvalue weighted by atomic mass is 16.5. The van der Waals surface area contributed by atoms with Gasteiger partial charge in [-0.25, -0.2) is 4.99 Å². The highest BCUT2D eigenvalue weighted by Crippen LogP contribution is 2.52. The van der Waals surface area contributed by atoms with E-state index in [1.807, 2.05) is 79.7 Å². The minimum Gasteiger partial charge on any atom is -0.485 e. The second kappa shape index (κ2) is 7.78. The van der Waals surface area contributed by atoms with Crippen LogP contribution in [-0.2, 0) is 15.1 Å². The Labute approximate surface area is 191 Å². The van der Waals surface area contributed by atoms with Gasteiger partial charge in [-0.3, -0.25) is 14.9 Å². The van der Waals surface area contributed by atoms with Crippen LogP contribution in [0.15, 0.2) is 77.8 Å². The van der Waals surface area contributed by atoms with Crippen LogP contribution < -0.4 is 21.1 Å². The fourth-order valence-corrected chi connectivity index (χ4v) is 4.76. The quantitative estimate of drug-likeness (QED) is 0.577. The second-order valence-corrected chi connectivity index (χ2v) is 8.43. The lowest BCUT2D eigenvalue weighted by Gasteiger charge is -2.42. The average molecular weight is 441 g/mol. The van der Waals surface area contributed by atoms with Gasteiger partial charge in [-0.1, -0.05) is 55.5 Å². The number of aliphatic imine (C=N–C) groups is 1. The lowest BCUT2D eigenvalue weighted by atomic mass is 9.72. The van der Waals surface area contributed by atoms with Crippen molar-refractivity contribution >= 4 is 23.5 Å². The summed E-state index contributed by atoms with van der Waals surface area (Å²) in [5.74, 6) is -0.0170. The fourth-order valence-electron chi connectivity index (χ4n) is 4.76. The Bertz CT molecular complexity index is 1290. The molecule has 0 bridgehead atoms. The number of hydrogen-bond donors (Lipinski definition) is 3. The van der Waals surface area contributed by atoms with Crippen molar-refractivity contribution in [3.8, 4) is 16.9 Å². The summed E-state index contributed by atoms with van der Waals surface area (Å²) in [5, 5.41) is 5.50. The zero-order valence-corrected chi connectivity index (χ0v) is 18.3. The van der Waals surface area contributed by atoms with Gasteiger partial charge in [0.25, 0.3) is 5.91 Å². The Morgan fingerprint density at radius 2 is 1.82 bits per heavy atom. The zero-order chi connectivity index (χ0) is 23.2. The SMILES string of the molecule is CC(=O)Nc1cccc(-c2ccc3c(c2)C2(N=C(N)NC2=O)C(C)[C@H](c2ccccc2)O3)c1. The van der Waals surface area contributed by atoms with Gasteiger partial charge in [0.2, 0.25) is 5.91 Å². The molecule has 7 heteroatoms. The first-order valence-electron chi connectivity index (χ1n) is 10.8. The average Bonchev–Trinajstić information content (AvgIpc) is 3.11. The van der Waals surface area contributed by atoms with E-state index in [0.717, 1.165) is 16.7 Å². The molecule has 0 aromatic heterocycles. The normalized spacial score (nSPS) is 23.3. The standard InChI is InChI=1S/C26H24N4O3/c1-15-23(17-7-4-3-5-8-17)33-22-12-11-19(18-9-6-10-20(13-18)28-16(2)31)14-21(22)26(15)24(32)29-25(27)30-26/h3-15,23H,1-2H3,(H,28,31)(H3,27,29,30,32)/t15?,23-,26?/m1/s1. The summed E-state index contributed by atoms with van der Waals surface area (Å²) in [6.45, 7) is 3.44. The largest absolute Gasteiger partial charge is 0.485 e. The van der Waals surface area contributed by atoms with E-state index in [0.29, 0.717) is 17.0 Å². The van der Waals surface area contributed by atoms with Gasteiger partial charge in [0.05, 0.1) is 0 Å². The number of nitrogens with zero attached hydrogens (tertiary/aromatic N) is 1. The molecule has 2 amide bonds. The maximum Gasteiger partial charge on any atom is 0.259 e. The van der Waals surface area contributed by atoms with Crippen LogP contribution >= 0.6 is 0 Å². The molecule has 0 aliphatic carbocycles. The van der Waals surface area contributed by atoms with E-state index in [9.17, 15) is 9.59 Å². The van der Waals surface area contributed by atoms with Crippen molar-refractivity contribution < 1.29 is 14.3 Å². The molecule has 2 aliphatic rings. The van der Waals surface area contributed by atoms with Gasteiger partial charge < -0.3 is 15.8 Å². The minimum atomic E-state index is -1.20. The lowest BCUT2D eigenvalue weighted by Crippen LogP contribution is -2.48. The molecular weight excluding hydrogens is 416 g/mol. The van der Waals surface area contributed by atoms with Crippen LogP contribution in [0.1, 0.15) is 31.1 Å². The number of amides is 2. The van der Waals surface area contributed by atoms with Gasteiger partial charge in [-0.15, -0.1) is 0 Å². The molecule has 0 fully saturated rings. The summed E-state index contributed by atoms with van der Waals surface area (Å²) in [6, 6.07) is 23.1. The van der Waals surface area contributed by atoms with Crippen molar-refractivity contribution in [2.24, 2.45) is 16.6 Å². The van der Waals surface area contributed by atoms with Crippen molar-refractivity contribution in [1.29, 1.82) is 0 Å². The van der Waals surface area contributed by atoms with E-state index >= 15 is 0 Å². The van der Waals surface area contributed by atoms with Crippen LogP contribution in [-0.4, -0.2) is 17.8 Å². The van der Waals surface area contributed by atoms with Gasteiger partial charge in [0.15, 0.2) is 11.5 Å². The highest BCUT2D eigenvalue weighted by Gasteiger charge is 2.56. The Hall–Kier alpha value is -4.13. The van der Waals surface area contributed by atoms with Crippen molar-refractivity contribution in [1.82, 2.24) is 5.32 Å². The summed E-state index contributed by atoms with van der Waals surface area (Å²) < 4.78 is 6.42. The summed E-state index contributed by atoms with van der Waals surface area (Å²) in [7, 11) is 0. The number of ether oxygens (including phenoxy) is 1. The first kappa shape index (κ1) is 20.8. The summed E-state index contributed by atoms with van der Waals surface area (Å²) in [5.41, 5.74) is 8.89. The predicted molar refractivity (Wildman–Crippen MR) is 127 cm³/mol. The first-order chi connectivity index (χ1) is 15.9. The number of anilines is 1. The number of carbonyl (C=O) groups is 2. The van der Waals surface area contributed by atoms with Gasteiger partial charge in [0, 0.05) is 24.1 Å². The van der Waals surface area contributed by atoms with Gasteiger partial charge in [-0.2, -0.15) is 0 Å². The molecular formula is C26H24N4O3. The highest BCUT2D eigenvalue weighted by molar-refractivity contribution is 6.08. The molecule has 5 rings (SSSR count). The summed E-state index contributed by atoms with van der Waals surface area (Å²) in [6.07, 6.45) is -0.368. The number of guanidine groups is 1. The van der Waals surface area contributed by atoms with E-state index in [1.165, 1.54) is 6.92 Å². The van der Waals surface area contributed by atoms with E-state index in [4.69, 9.17) is 10.5 Å². The zero-order valence-electron chi connectivity index (χ0n) is 18.3. The molecule has 3 aromatic rings. The molecule has 2 unspecified atom stereocenters. The van der Waals surface area contributed by atoms with E-state index in [-0.39, 0.29) is 29.8 Å². The van der Waals surface area contributed by atoms with E-state index in [1.54, 1.807) is 0 Å². The third kappa shape index (κ3) is 3.42. The summed E-state index contributed by atoms with van der Waals surface area (Å²) in [4.78, 5) is 29.4. The predicted octanol–water partition coefficient (Wildman–Crippen LogP) is 3.72. The number of carbonyl (C=O) groups excluding carboxylic acids is 2. The Kier molecular flexibility index (Phi) is 4.89. The van der Waals surface area contributed by atoms with Crippen molar-refractivity contribution in [2.45, 2.75) is 25.5 Å². The molecule has 166 valence electrons. The first-order valence-corrected chi connectivity index (χ1v) is 10.8. The Balaban J connectivity index is 1.65. The monoisotopic (exact) mass is 440 g/mol. The van der Waals surface area contributed by atoms with E-state index < -0.39 is 5.54 Å². The van der Waals surface area contributed by atoms with Crippen LogP contribution in [0.5, 0.6) is 5.75 Å². The van der Waals surface area contributed by atoms with Crippen LogP contribution in [0.3, 0.4) is 0 Å². The van der Waals surface area contributed by atoms with Gasteiger partial charge >= 0.3 is 0 Å². The number of nitrogens with two attached hydrogens (primary N) is 1. The third-order valence-electron chi connectivity index (χ3n) is 6.29. The van der Waals surface area contributed by atoms with Crippen LogP contribution in [0.4, 0.5) is 5.69 Å². The smallest absolute Gasteiger partial charge is 0.259 e. The van der Waals surface area contributed by atoms with Crippen molar-refractivity contribution in [3.05, 3.63) is 83.9 Å². The van der Waals surface area contributed by atoms with Gasteiger partial charge in [0.1, 0.15) is 11.9 Å². The minimum absolute atomic E-state index is 0.101.